The summed E-state index contributed by atoms with van der Waals surface area (Å²) in [4.78, 5) is 13.5. The Bertz CT molecular complexity index is 746. The molecule has 0 radical (unpaired) electrons. The second-order valence-electron chi connectivity index (χ2n) is 6.38. The van der Waals surface area contributed by atoms with Crippen LogP contribution in [0, 0.1) is 13.8 Å². The van der Waals surface area contributed by atoms with Gasteiger partial charge < -0.3 is 19.8 Å². The van der Waals surface area contributed by atoms with Crippen LogP contribution >= 0.6 is 0 Å². The van der Waals surface area contributed by atoms with Gasteiger partial charge in [0, 0.05) is 26.1 Å². The normalized spacial score (nSPS) is 17.2. The first-order valence-corrected chi connectivity index (χ1v) is 8.98. The molecule has 0 fully saturated rings. The zero-order chi connectivity index (χ0) is 18.5. The molecule has 0 amide bonds. The molecule has 1 aliphatic heterocycles. The third kappa shape index (κ3) is 4.40. The first-order chi connectivity index (χ1) is 12.6. The number of methoxy groups -OCH3 is 1. The fraction of sp³-hybridized carbons (Fsp3) is 0.647. The Kier molecular flexibility index (Phi) is 5.87. The number of hydrogen-bond donors (Lipinski definition) is 2. The molecule has 0 bridgehead atoms. The molecular weight excluding hydrogens is 334 g/mol. The summed E-state index contributed by atoms with van der Waals surface area (Å²) in [6.45, 7) is 8.28. The quantitative estimate of drug-likeness (QED) is 0.587. The van der Waals surface area contributed by atoms with Crippen LogP contribution < -0.4 is 10.6 Å². The Balaban J connectivity index is 1.63. The maximum Gasteiger partial charge on any atom is 0.216 e. The topological polar surface area (TPSA) is 102 Å². The van der Waals surface area contributed by atoms with Crippen LogP contribution in [-0.4, -0.2) is 45.4 Å². The van der Waals surface area contributed by atoms with Crippen molar-refractivity contribution in [1.29, 1.82) is 0 Å². The van der Waals surface area contributed by atoms with E-state index in [1.807, 2.05) is 25.5 Å². The number of fused-ring (bicyclic) bond motifs is 1. The van der Waals surface area contributed by atoms with Gasteiger partial charge in [0.25, 0.3) is 0 Å². The van der Waals surface area contributed by atoms with E-state index in [0.717, 1.165) is 55.0 Å². The van der Waals surface area contributed by atoms with Crippen molar-refractivity contribution in [2.45, 2.75) is 59.4 Å². The van der Waals surface area contributed by atoms with Gasteiger partial charge in [-0.2, -0.15) is 5.10 Å². The van der Waals surface area contributed by atoms with Crippen LogP contribution in [0.2, 0.25) is 0 Å². The lowest BCUT2D eigenvalue weighted by atomic mass is 10.1. The molecule has 26 heavy (non-hydrogen) atoms. The molecule has 2 aromatic rings. The van der Waals surface area contributed by atoms with E-state index in [2.05, 4.69) is 30.7 Å². The van der Waals surface area contributed by atoms with E-state index in [0.29, 0.717) is 19.0 Å². The number of guanidine groups is 1. The highest BCUT2D eigenvalue weighted by atomic mass is 16.5. The van der Waals surface area contributed by atoms with E-state index < -0.39 is 0 Å². The van der Waals surface area contributed by atoms with Gasteiger partial charge in [0.15, 0.2) is 11.8 Å². The average molecular weight is 361 g/mol. The van der Waals surface area contributed by atoms with Crippen molar-refractivity contribution >= 4 is 5.96 Å². The summed E-state index contributed by atoms with van der Waals surface area (Å²) >= 11 is 0. The average Bonchev–Trinajstić information content (AvgIpc) is 3.15. The Morgan fingerprint density at radius 1 is 1.38 bits per heavy atom. The predicted molar refractivity (Wildman–Crippen MR) is 96.8 cm³/mol. The molecule has 0 aromatic carbocycles. The van der Waals surface area contributed by atoms with Gasteiger partial charge >= 0.3 is 0 Å². The van der Waals surface area contributed by atoms with Crippen molar-refractivity contribution in [2.24, 2.45) is 4.99 Å². The molecule has 0 spiro atoms. The van der Waals surface area contributed by atoms with E-state index in [4.69, 9.17) is 9.15 Å². The van der Waals surface area contributed by atoms with Crippen LogP contribution in [-0.2, 0) is 30.9 Å². The Labute approximate surface area is 153 Å². The van der Waals surface area contributed by atoms with Gasteiger partial charge in [-0.15, -0.1) is 0 Å². The van der Waals surface area contributed by atoms with Gasteiger partial charge in [-0.1, -0.05) is 0 Å². The molecule has 142 valence electrons. The van der Waals surface area contributed by atoms with Gasteiger partial charge in [0.2, 0.25) is 5.89 Å². The molecule has 0 saturated carbocycles. The van der Waals surface area contributed by atoms with Gasteiger partial charge in [-0.25, -0.2) is 19.6 Å². The van der Waals surface area contributed by atoms with Crippen LogP contribution in [0.15, 0.2) is 9.41 Å². The Morgan fingerprint density at radius 3 is 2.92 bits per heavy atom. The number of aromatic nitrogens is 4. The van der Waals surface area contributed by atoms with Crippen molar-refractivity contribution in [2.75, 3.05) is 13.7 Å². The third-order valence-electron chi connectivity index (χ3n) is 4.31. The summed E-state index contributed by atoms with van der Waals surface area (Å²) in [5.41, 5.74) is 0.908. The smallest absolute Gasteiger partial charge is 0.216 e. The molecule has 0 aliphatic carbocycles. The summed E-state index contributed by atoms with van der Waals surface area (Å²) in [5.74, 6) is 3.97. The van der Waals surface area contributed by atoms with Crippen LogP contribution in [0.5, 0.6) is 0 Å². The summed E-state index contributed by atoms with van der Waals surface area (Å²) in [6.07, 6.45) is 1.86. The number of oxazole rings is 1. The molecule has 0 saturated heterocycles. The van der Waals surface area contributed by atoms with Crippen LogP contribution in [0.25, 0.3) is 0 Å². The zero-order valence-corrected chi connectivity index (χ0v) is 15.9. The maximum atomic E-state index is 5.60. The molecule has 9 heteroatoms. The summed E-state index contributed by atoms with van der Waals surface area (Å²) in [5, 5.41) is 11.3. The lowest BCUT2D eigenvalue weighted by molar-refractivity contribution is 0.177. The Hall–Kier alpha value is -2.42. The SMILES string of the molecule is CCNC(=NCc1nc(C)c(C)o1)NC1CCc2nc(COC)nn2C1. The molecule has 9 nitrogen and oxygen atoms in total. The molecule has 3 rings (SSSR count). The van der Waals surface area contributed by atoms with Crippen molar-refractivity contribution in [3.05, 3.63) is 29.0 Å². The molecular formula is C17H27N7O2. The number of nitrogens with zero attached hydrogens (tertiary/aromatic N) is 5. The second kappa shape index (κ2) is 8.31. The second-order valence-corrected chi connectivity index (χ2v) is 6.38. The maximum absolute atomic E-state index is 5.60. The number of hydrogen-bond acceptors (Lipinski definition) is 6. The lowest BCUT2D eigenvalue weighted by Crippen LogP contribution is -2.47. The van der Waals surface area contributed by atoms with Crippen molar-refractivity contribution in [3.63, 3.8) is 0 Å². The van der Waals surface area contributed by atoms with Crippen LogP contribution in [0.3, 0.4) is 0 Å². The molecule has 1 aliphatic rings. The number of aryl methyl sites for hydroxylation is 3. The first-order valence-electron chi connectivity index (χ1n) is 8.98. The van der Waals surface area contributed by atoms with Crippen molar-refractivity contribution in [3.8, 4) is 0 Å². The largest absolute Gasteiger partial charge is 0.444 e. The first kappa shape index (κ1) is 18.4. The number of aliphatic imine (C=N–C) groups is 1. The van der Waals surface area contributed by atoms with Gasteiger partial charge in [-0.05, 0) is 27.2 Å². The summed E-state index contributed by atoms with van der Waals surface area (Å²) < 4.78 is 12.7. The molecule has 2 aromatic heterocycles. The van der Waals surface area contributed by atoms with Gasteiger partial charge in [0.05, 0.1) is 12.2 Å². The van der Waals surface area contributed by atoms with Gasteiger partial charge in [-0.3, -0.25) is 0 Å². The molecule has 2 N–H and O–H groups in total. The van der Waals surface area contributed by atoms with Crippen LogP contribution in [0.1, 0.15) is 42.3 Å². The van der Waals surface area contributed by atoms with E-state index in [1.54, 1.807) is 7.11 Å². The summed E-state index contributed by atoms with van der Waals surface area (Å²) in [7, 11) is 1.65. The molecule has 1 unspecified atom stereocenters. The zero-order valence-electron chi connectivity index (χ0n) is 15.9. The van der Waals surface area contributed by atoms with E-state index >= 15 is 0 Å². The molecule has 3 heterocycles. The van der Waals surface area contributed by atoms with Crippen LogP contribution in [0.4, 0.5) is 0 Å². The van der Waals surface area contributed by atoms with Crippen molar-refractivity contribution < 1.29 is 9.15 Å². The summed E-state index contributed by atoms with van der Waals surface area (Å²) in [6, 6.07) is 0.241. The fourth-order valence-electron chi connectivity index (χ4n) is 2.94. The standard InChI is InChI=1S/C17H27N7O2/c1-5-18-17(19-8-16-20-11(2)12(3)26-16)21-13-6-7-15-22-14(10-25-4)23-24(15)9-13/h13H,5-10H2,1-4H3,(H2,18,19,21). The van der Waals surface area contributed by atoms with E-state index in [9.17, 15) is 0 Å². The monoisotopic (exact) mass is 361 g/mol. The molecule has 1 atom stereocenters. The number of ether oxygens (including phenoxy) is 1. The van der Waals surface area contributed by atoms with E-state index in [-0.39, 0.29) is 6.04 Å². The van der Waals surface area contributed by atoms with E-state index in [1.165, 1.54) is 0 Å². The lowest BCUT2D eigenvalue weighted by Gasteiger charge is -2.25. The van der Waals surface area contributed by atoms with Crippen molar-refractivity contribution in [1.82, 2.24) is 30.4 Å². The minimum Gasteiger partial charge on any atom is -0.444 e. The highest BCUT2D eigenvalue weighted by molar-refractivity contribution is 5.80. The Morgan fingerprint density at radius 2 is 2.23 bits per heavy atom. The fourth-order valence-corrected chi connectivity index (χ4v) is 2.94. The highest BCUT2D eigenvalue weighted by Crippen LogP contribution is 2.14. The number of nitrogens with one attached hydrogen (secondary N) is 2. The minimum absolute atomic E-state index is 0.241. The highest BCUT2D eigenvalue weighted by Gasteiger charge is 2.22. The van der Waals surface area contributed by atoms with Gasteiger partial charge in [0.1, 0.15) is 24.7 Å². The minimum atomic E-state index is 0.241. The number of rotatable bonds is 6. The third-order valence-corrected chi connectivity index (χ3v) is 4.31. The predicted octanol–water partition coefficient (Wildman–Crippen LogP) is 1.10.